The van der Waals surface area contributed by atoms with Crippen LogP contribution < -0.4 is 54.0 Å². The minimum atomic E-state index is -0.521. The average Bonchev–Trinajstić information content (AvgIpc) is 3.62. The summed E-state index contributed by atoms with van der Waals surface area (Å²) in [6.45, 7) is 36.4. The highest BCUT2D eigenvalue weighted by atomic mass is 16.2. The summed E-state index contributed by atoms with van der Waals surface area (Å²) in [4.78, 5) is 97.7. The van der Waals surface area contributed by atoms with Crippen molar-refractivity contribution >= 4 is 47.3 Å². The molecule has 18 nitrogen and oxygen atoms in total. The Bertz CT molecular complexity index is 1520. The molecule has 0 aliphatic carbocycles. The number of hydrogen-bond donors (Lipinski definition) is 10. The van der Waals surface area contributed by atoms with Crippen LogP contribution in [0.2, 0.25) is 0 Å². The molecule has 8 atom stereocenters. The van der Waals surface area contributed by atoms with Crippen LogP contribution in [-0.2, 0) is 38.4 Å². The Hall–Kier alpha value is -4.32. The van der Waals surface area contributed by atoms with Crippen molar-refractivity contribution in [2.24, 2.45) is 23.3 Å². The quantitative estimate of drug-likeness (QED) is 0.0257. The second-order valence-corrected chi connectivity index (χ2v) is 25.9. The molecular formula is C70H142N10O8. The molecule has 0 saturated heterocycles. The summed E-state index contributed by atoms with van der Waals surface area (Å²) < 4.78 is 0. The minimum Gasteiger partial charge on any atom is -0.352 e. The van der Waals surface area contributed by atoms with E-state index in [4.69, 9.17) is 11.5 Å². The highest BCUT2D eigenvalue weighted by Gasteiger charge is 2.27. The van der Waals surface area contributed by atoms with Gasteiger partial charge >= 0.3 is 0 Å². The predicted molar refractivity (Wildman–Crippen MR) is 368 cm³/mol. The van der Waals surface area contributed by atoms with Crippen molar-refractivity contribution in [2.75, 3.05) is 0 Å². The van der Waals surface area contributed by atoms with Crippen molar-refractivity contribution in [3.8, 4) is 0 Å². The van der Waals surface area contributed by atoms with Crippen LogP contribution in [0.25, 0.3) is 0 Å². The Balaban J connectivity index is -0.000000535. The maximum absolute atomic E-state index is 12.3. The van der Waals surface area contributed by atoms with Gasteiger partial charge in [0.15, 0.2) is 0 Å². The normalized spacial score (nSPS) is 13.7. The van der Waals surface area contributed by atoms with Crippen molar-refractivity contribution < 1.29 is 38.4 Å². The number of unbranched alkanes of at least 4 members (excludes halogenated alkanes) is 16. The molecule has 0 aromatic heterocycles. The summed E-state index contributed by atoms with van der Waals surface area (Å²) >= 11 is 0. The fraction of sp³-hybridized carbons (Fsp3) is 0.886. The average molecular weight is 1250 g/mol. The molecule has 0 rings (SSSR count). The van der Waals surface area contributed by atoms with Crippen molar-refractivity contribution in [3.05, 3.63) is 0 Å². The molecule has 0 aliphatic rings. The molecule has 0 spiro atoms. The fourth-order valence-corrected chi connectivity index (χ4v) is 9.35. The molecule has 88 heavy (non-hydrogen) atoms. The Labute approximate surface area is 539 Å². The van der Waals surface area contributed by atoms with Crippen molar-refractivity contribution in [3.63, 3.8) is 0 Å². The molecule has 0 bridgehead atoms. The van der Waals surface area contributed by atoms with E-state index in [1.165, 1.54) is 0 Å². The van der Waals surface area contributed by atoms with Gasteiger partial charge in [0.1, 0.15) is 24.2 Å². The van der Waals surface area contributed by atoms with Crippen LogP contribution in [0.4, 0.5) is 0 Å². The zero-order valence-corrected chi connectivity index (χ0v) is 60.0. The molecule has 0 fully saturated rings. The van der Waals surface area contributed by atoms with E-state index < -0.39 is 36.3 Å². The third kappa shape index (κ3) is 53.5. The van der Waals surface area contributed by atoms with E-state index in [2.05, 4.69) is 97.9 Å². The smallest absolute Gasteiger partial charge is 0.242 e. The van der Waals surface area contributed by atoms with Gasteiger partial charge in [-0.1, -0.05) is 223 Å². The second kappa shape index (κ2) is 60.3. The number of amides is 8. The van der Waals surface area contributed by atoms with Crippen LogP contribution in [0.3, 0.4) is 0 Å². The Kier molecular flexibility index (Phi) is 61.7. The Morgan fingerprint density at radius 3 is 0.580 bits per heavy atom. The minimum absolute atomic E-state index is 0.0107. The monoisotopic (exact) mass is 1250 g/mol. The highest BCUT2D eigenvalue weighted by Crippen LogP contribution is 2.14. The first-order chi connectivity index (χ1) is 41.7. The van der Waals surface area contributed by atoms with Crippen LogP contribution in [0.15, 0.2) is 0 Å². The topological polar surface area (TPSA) is 285 Å². The molecule has 0 aromatic carbocycles. The molecule has 0 aliphatic heterocycles. The summed E-state index contributed by atoms with van der Waals surface area (Å²) in [6, 6.07) is -2.45. The lowest BCUT2D eigenvalue weighted by atomic mass is 10.0. The fourth-order valence-electron chi connectivity index (χ4n) is 9.35. The number of carbonyl (C=O) groups is 8. The second-order valence-electron chi connectivity index (χ2n) is 25.9. The van der Waals surface area contributed by atoms with Gasteiger partial charge in [-0.3, -0.25) is 38.4 Å². The summed E-state index contributed by atoms with van der Waals surface area (Å²) in [5, 5.41) is 23.1. The summed E-state index contributed by atoms with van der Waals surface area (Å²) in [5.74, 6) is -0.777. The van der Waals surface area contributed by atoms with E-state index in [9.17, 15) is 38.4 Å². The van der Waals surface area contributed by atoms with E-state index in [0.717, 1.165) is 180 Å². The van der Waals surface area contributed by atoms with Crippen LogP contribution in [0.5, 0.6) is 0 Å². The van der Waals surface area contributed by atoms with E-state index in [-0.39, 0.29) is 83.3 Å². The molecule has 8 unspecified atom stereocenters. The molecule has 0 aromatic rings. The Morgan fingerprint density at radius 1 is 0.227 bits per heavy atom. The van der Waals surface area contributed by atoms with Gasteiger partial charge in [-0.25, -0.2) is 0 Å². The lowest BCUT2D eigenvalue weighted by Gasteiger charge is -2.22. The van der Waals surface area contributed by atoms with Gasteiger partial charge in [-0.2, -0.15) is 0 Å². The number of hydrogen-bond acceptors (Lipinski definition) is 10. The van der Waals surface area contributed by atoms with Gasteiger partial charge in [0.05, 0.1) is 12.1 Å². The maximum atomic E-state index is 12.3. The largest absolute Gasteiger partial charge is 0.352 e. The van der Waals surface area contributed by atoms with E-state index >= 15 is 0 Å². The third-order valence-electron chi connectivity index (χ3n) is 14.9. The molecule has 0 saturated carbocycles. The van der Waals surface area contributed by atoms with Crippen LogP contribution in [0.1, 0.15) is 330 Å². The van der Waals surface area contributed by atoms with Gasteiger partial charge in [-0.05, 0) is 107 Å². The number of nitrogens with one attached hydrogen (secondary N) is 8. The van der Waals surface area contributed by atoms with Gasteiger partial charge in [0, 0.05) is 36.0 Å². The highest BCUT2D eigenvalue weighted by molar-refractivity contribution is 5.91. The zero-order chi connectivity index (χ0) is 67.8. The zero-order valence-electron chi connectivity index (χ0n) is 60.0. The molecule has 0 radical (unpaired) electrons. The molecule has 12 N–H and O–H groups in total. The van der Waals surface area contributed by atoms with E-state index in [1.807, 2.05) is 69.2 Å². The van der Waals surface area contributed by atoms with Gasteiger partial charge in [0.2, 0.25) is 47.3 Å². The molecule has 520 valence electrons. The first kappa shape index (κ1) is 90.1. The van der Waals surface area contributed by atoms with Crippen LogP contribution >= 0.6 is 0 Å². The molecule has 18 heteroatoms. The van der Waals surface area contributed by atoms with Gasteiger partial charge in [0.25, 0.3) is 0 Å². The predicted octanol–water partition coefficient (Wildman–Crippen LogP) is 12.6. The summed E-state index contributed by atoms with van der Waals surface area (Å²) in [5.41, 5.74) is 11.8. The van der Waals surface area contributed by atoms with Crippen LogP contribution in [-0.4, -0.2) is 108 Å². The van der Waals surface area contributed by atoms with Crippen molar-refractivity contribution in [2.45, 2.75) is 391 Å². The number of rotatable bonds is 48. The van der Waals surface area contributed by atoms with E-state index in [1.54, 1.807) is 0 Å². The SMILES string of the molecule is CCCCCC(C)C(=O)NC(CCCCC)C(=O)NC(C)C.CCCCCC(C)C(=O)NC(CCCCC)C(=O)NC(C)C.CCCCCC(N)C(=O)NC(CCCCC)C(=O)NC(C)C.CCCCCC(N)C(=O)NC(CCCCC)C(=O)NC(C)C. The number of carbonyl (C=O) groups excluding carboxylic acids is 8. The lowest BCUT2D eigenvalue weighted by molar-refractivity contribution is -0.131. The lowest BCUT2D eigenvalue weighted by Crippen LogP contribution is -2.52. The molecular weight excluding hydrogens is 1110 g/mol. The molecule has 0 heterocycles. The van der Waals surface area contributed by atoms with Gasteiger partial charge < -0.3 is 54.0 Å². The third-order valence-corrected chi connectivity index (χ3v) is 14.9. The standard InChI is InChI=1S/2C18H36N2O2.2C17H35N3O2/c2*1-6-8-10-12-15(5)17(21)20-16(13-11-9-7-2)18(22)19-14(3)4;2*1-5-7-9-11-14(18)16(21)20-15(12-10-8-6-2)17(22)19-13(3)4/h2*14-16H,6-13H2,1-5H3,(H,19,22)(H,20,21);2*13-15H,5-12,18H2,1-4H3,(H,19,22)(H,20,21). The summed E-state index contributed by atoms with van der Waals surface area (Å²) in [7, 11) is 0. The summed E-state index contributed by atoms with van der Waals surface area (Å²) in [6.07, 6.45) is 31.4. The first-order valence-corrected chi connectivity index (χ1v) is 35.6. The number of nitrogens with two attached hydrogens (primary N) is 2. The first-order valence-electron chi connectivity index (χ1n) is 35.6. The van der Waals surface area contributed by atoms with Crippen molar-refractivity contribution in [1.29, 1.82) is 0 Å². The molecule has 8 amide bonds. The van der Waals surface area contributed by atoms with Crippen molar-refractivity contribution in [1.82, 2.24) is 42.5 Å². The Morgan fingerprint density at radius 2 is 0.398 bits per heavy atom. The van der Waals surface area contributed by atoms with Crippen LogP contribution in [0, 0.1) is 11.8 Å². The van der Waals surface area contributed by atoms with Gasteiger partial charge in [-0.15, -0.1) is 0 Å². The maximum Gasteiger partial charge on any atom is 0.242 e. The van der Waals surface area contributed by atoms with E-state index in [0.29, 0.717) is 25.7 Å².